The Morgan fingerprint density at radius 3 is 0.816 bits per heavy atom. The second kappa shape index (κ2) is 57.9. The van der Waals surface area contributed by atoms with Crippen molar-refractivity contribution >= 4 is 39.5 Å². The summed E-state index contributed by atoms with van der Waals surface area (Å²) in [5, 5.41) is 10.6. The average molecular weight is 1280 g/mol. The van der Waals surface area contributed by atoms with E-state index in [1.54, 1.807) is 0 Å². The lowest BCUT2D eigenvalue weighted by Crippen LogP contribution is -2.30. The van der Waals surface area contributed by atoms with E-state index in [1.807, 2.05) is 0 Å². The Bertz CT molecular complexity index is 1730. The lowest BCUT2D eigenvalue weighted by atomic mass is 9.99. The Morgan fingerprint density at radius 2 is 0.552 bits per heavy atom. The zero-order chi connectivity index (χ0) is 64.7. The van der Waals surface area contributed by atoms with E-state index in [0.29, 0.717) is 25.7 Å². The van der Waals surface area contributed by atoms with Crippen LogP contribution in [0.1, 0.15) is 331 Å². The first-order valence-electron chi connectivity index (χ1n) is 35.3. The van der Waals surface area contributed by atoms with E-state index >= 15 is 0 Å². The summed E-state index contributed by atoms with van der Waals surface area (Å²) >= 11 is 0. The normalized spacial score (nSPS) is 15.0. The third-order valence-electron chi connectivity index (χ3n) is 16.3. The van der Waals surface area contributed by atoms with Gasteiger partial charge in [0, 0.05) is 25.7 Å². The van der Waals surface area contributed by atoms with Crippen LogP contribution in [0.3, 0.4) is 0 Å². The lowest BCUT2D eigenvalue weighted by Gasteiger charge is -2.21. The molecule has 7 atom stereocenters. The molecule has 0 spiro atoms. The minimum Gasteiger partial charge on any atom is -0.462 e. The Labute approximate surface area is 530 Å². The summed E-state index contributed by atoms with van der Waals surface area (Å²) in [6, 6.07) is 0. The zero-order valence-corrected chi connectivity index (χ0v) is 58.4. The van der Waals surface area contributed by atoms with Crippen molar-refractivity contribution in [2.75, 3.05) is 39.6 Å². The molecule has 0 saturated carbocycles. The Morgan fingerprint density at radius 1 is 0.322 bits per heavy atom. The van der Waals surface area contributed by atoms with Crippen LogP contribution >= 0.6 is 15.6 Å². The number of hydrogen-bond acceptors (Lipinski definition) is 15. The van der Waals surface area contributed by atoms with Crippen molar-refractivity contribution in [3.8, 4) is 0 Å². The lowest BCUT2D eigenvalue weighted by molar-refractivity contribution is -0.161. The molecule has 0 aliphatic heterocycles. The largest absolute Gasteiger partial charge is 0.472 e. The van der Waals surface area contributed by atoms with Crippen molar-refractivity contribution in [1.29, 1.82) is 0 Å². The first-order chi connectivity index (χ1) is 41.7. The van der Waals surface area contributed by atoms with Crippen LogP contribution in [0.15, 0.2) is 0 Å². The number of aliphatic hydroxyl groups excluding tert-OH is 1. The van der Waals surface area contributed by atoms with Gasteiger partial charge in [-0.1, -0.05) is 280 Å². The predicted octanol–water partition coefficient (Wildman–Crippen LogP) is 18.9. The van der Waals surface area contributed by atoms with Gasteiger partial charge in [-0.3, -0.25) is 37.3 Å². The van der Waals surface area contributed by atoms with Gasteiger partial charge in [0.1, 0.15) is 19.3 Å². The van der Waals surface area contributed by atoms with Crippen molar-refractivity contribution < 1.29 is 80.2 Å². The van der Waals surface area contributed by atoms with E-state index in [-0.39, 0.29) is 25.7 Å². The second-order valence-corrected chi connectivity index (χ2v) is 28.9. The summed E-state index contributed by atoms with van der Waals surface area (Å²) in [7, 11) is -9.90. The van der Waals surface area contributed by atoms with E-state index in [9.17, 15) is 43.2 Å². The molecule has 19 heteroatoms. The Balaban J connectivity index is 5.26. The number of carbonyl (C=O) groups is 4. The van der Waals surface area contributed by atoms with E-state index < -0.39 is 97.5 Å². The van der Waals surface area contributed by atoms with Crippen molar-refractivity contribution in [1.82, 2.24) is 0 Å². The first-order valence-corrected chi connectivity index (χ1v) is 38.3. The quantitative estimate of drug-likeness (QED) is 0.0222. The molecule has 0 saturated heterocycles. The molecule has 0 amide bonds. The third-order valence-corrected chi connectivity index (χ3v) is 18.2. The maximum atomic E-state index is 13.0. The predicted molar refractivity (Wildman–Crippen MR) is 349 cm³/mol. The van der Waals surface area contributed by atoms with Gasteiger partial charge in [-0.2, -0.15) is 0 Å². The molecule has 5 unspecified atom stereocenters. The molecule has 3 N–H and O–H groups in total. The summed E-state index contributed by atoms with van der Waals surface area (Å²) < 4.78 is 68.2. The van der Waals surface area contributed by atoms with Crippen LogP contribution in [-0.4, -0.2) is 96.7 Å². The van der Waals surface area contributed by atoms with E-state index in [4.69, 9.17) is 37.0 Å². The molecular formula is C68H132O17P2. The molecule has 0 aromatic rings. The summed E-state index contributed by atoms with van der Waals surface area (Å²) in [5.74, 6) is 0.858. The molecule has 0 aromatic carbocycles. The van der Waals surface area contributed by atoms with Gasteiger partial charge in [-0.25, -0.2) is 9.13 Å². The molecule has 0 aliphatic carbocycles. The smallest absolute Gasteiger partial charge is 0.462 e. The maximum absolute atomic E-state index is 13.0. The molecule has 0 radical (unpaired) electrons. The summed E-state index contributed by atoms with van der Waals surface area (Å²) in [6.45, 7) is 14.1. The van der Waals surface area contributed by atoms with Gasteiger partial charge in [0.05, 0.1) is 26.4 Å². The van der Waals surface area contributed by atoms with E-state index in [2.05, 4.69) is 55.4 Å². The van der Waals surface area contributed by atoms with Gasteiger partial charge < -0.3 is 33.8 Å². The molecule has 516 valence electrons. The van der Waals surface area contributed by atoms with Gasteiger partial charge in [-0.05, 0) is 49.4 Å². The number of ether oxygens (including phenoxy) is 4. The number of phosphoric acid groups is 2. The Kier molecular flexibility index (Phi) is 56.6. The van der Waals surface area contributed by atoms with E-state index in [0.717, 1.165) is 114 Å². The van der Waals surface area contributed by atoms with E-state index in [1.165, 1.54) is 135 Å². The number of phosphoric ester groups is 2. The summed E-state index contributed by atoms with van der Waals surface area (Å²) in [4.78, 5) is 72.4. The van der Waals surface area contributed by atoms with Crippen LogP contribution in [-0.2, 0) is 65.4 Å². The SMILES string of the molecule is CCC(C)CCCCCCCCCCCCC(=O)O[C@H](COC(=O)CCCCCCCCCCC(C)C)COP(=O)(O)OCC(O)COP(=O)(O)OC[C@@H](COC(=O)CCCCCCCCCCCC(C)C)OC(=O)CCCCCCCCC(C)CC. The van der Waals surface area contributed by atoms with Crippen LogP contribution in [0, 0.1) is 23.7 Å². The zero-order valence-electron chi connectivity index (χ0n) is 56.6. The average Bonchev–Trinajstić information content (AvgIpc) is 3.69. The van der Waals surface area contributed by atoms with Crippen molar-refractivity contribution in [2.45, 2.75) is 350 Å². The van der Waals surface area contributed by atoms with Gasteiger partial charge in [0.2, 0.25) is 0 Å². The highest BCUT2D eigenvalue weighted by molar-refractivity contribution is 7.47. The number of unbranched alkanes of at least 4 members (excludes halogenated alkanes) is 29. The number of hydrogen-bond donors (Lipinski definition) is 3. The molecule has 17 nitrogen and oxygen atoms in total. The second-order valence-electron chi connectivity index (χ2n) is 26.0. The standard InChI is InChI=1S/C68H132O17P2/c1-9-60(7)46-38-30-22-15-11-12-16-25-34-42-50-67(72)84-63(54-79-66(71)49-41-33-24-19-18-21-29-37-45-59(5)6)56-82-86(74,75)80-52-62(69)53-81-87(76,77)83-57-64(85-68(73)51-43-35-27-26-31-39-47-61(8)10-2)55-78-65(70)48-40-32-23-17-13-14-20-28-36-44-58(3)4/h58-64,69H,9-57H2,1-8H3,(H,74,75)(H,76,77)/t60?,61?,62?,63-,64-/m1/s1. The number of carbonyl (C=O) groups excluding carboxylic acids is 4. The minimum atomic E-state index is -4.95. The van der Waals surface area contributed by atoms with Crippen LogP contribution in [0.5, 0.6) is 0 Å². The fraction of sp³-hybridized carbons (Fsp3) is 0.941. The first kappa shape index (κ1) is 85.1. The van der Waals surface area contributed by atoms with Crippen LogP contribution < -0.4 is 0 Å². The molecule has 0 bridgehead atoms. The minimum absolute atomic E-state index is 0.102. The van der Waals surface area contributed by atoms with Crippen molar-refractivity contribution in [2.24, 2.45) is 23.7 Å². The molecule has 0 heterocycles. The molecule has 0 fully saturated rings. The highest BCUT2D eigenvalue weighted by atomic mass is 31.2. The fourth-order valence-electron chi connectivity index (χ4n) is 10.1. The number of esters is 4. The maximum Gasteiger partial charge on any atom is 0.472 e. The van der Waals surface area contributed by atoms with Gasteiger partial charge in [-0.15, -0.1) is 0 Å². The molecule has 0 aliphatic rings. The molecule has 87 heavy (non-hydrogen) atoms. The van der Waals surface area contributed by atoms with Gasteiger partial charge in [0.25, 0.3) is 0 Å². The highest BCUT2D eigenvalue weighted by Gasteiger charge is 2.30. The van der Waals surface area contributed by atoms with Gasteiger partial charge in [0.15, 0.2) is 12.2 Å². The fourth-order valence-corrected chi connectivity index (χ4v) is 11.7. The van der Waals surface area contributed by atoms with Crippen LogP contribution in [0.4, 0.5) is 0 Å². The summed E-state index contributed by atoms with van der Waals surface area (Å²) in [6.07, 6.45) is 38.9. The monoisotopic (exact) mass is 1280 g/mol. The van der Waals surface area contributed by atoms with Crippen LogP contribution in [0.2, 0.25) is 0 Å². The molecular weight excluding hydrogens is 1150 g/mol. The van der Waals surface area contributed by atoms with Gasteiger partial charge >= 0.3 is 39.5 Å². The molecule has 0 rings (SSSR count). The Hall–Kier alpha value is -1.94. The number of rotatable bonds is 65. The third kappa shape index (κ3) is 60.1. The molecule has 0 aromatic heterocycles. The van der Waals surface area contributed by atoms with Crippen molar-refractivity contribution in [3.05, 3.63) is 0 Å². The number of aliphatic hydroxyl groups is 1. The highest BCUT2D eigenvalue weighted by Crippen LogP contribution is 2.45. The van der Waals surface area contributed by atoms with Crippen LogP contribution in [0.25, 0.3) is 0 Å². The van der Waals surface area contributed by atoms with Crippen molar-refractivity contribution in [3.63, 3.8) is 0 Å². The topological polar surface area (TPSA) is 237 Å². The summed E-state index contributed by atoms with van der Waals surface area (Å²) in [5.41, 5.74) is 0.